The van der Waals surface area contributed by atoms with E-state index in [4.69, 9.17) is 13.9 Å². The van der Waals surface area contributed by atoms with Gasteiger partial charge in [-0.25, -0.2) is 4.79 Å². The van der Waals surface area contributed by atoms with Crippen molar-refractivity contribution < 1.29 is 41.4 Å². The van der Waals surface area contributed by atoms with E-state index in [1.165, 1.54) is 12.4 Å². The molecule has 1 aliphatic heterocycles. The number of alkyl halides is 3. The third-order valence-electron chi connectivity index (χ3n) is 7.94. The normalized spacial score (nSPS) is 19.0. The van der Waals surface area contributed by atoms with Crippen LogP contribution in [0.1, 0.15) is 94.6 Å². The molecule has 2 fully saturated rings. The summed E-state index contributed by atoms with van der Waals surface area (Å²) in [6.45, 7) is 10.0. The van der Waals surface area contributed by atoms with Crippen LogP contribution in [0.5, 0.6) is 0 Å². The molecule has 0 aromatic carbocycles. The van der Waals surface area contributed by atoms with Crippen LogP contribution in [0.15, 0.2) is 35.1 Å². The van der Waals surface area contributed by atoms with Gasteiger partial charge < -0.3 is 18.8 Å². The Morgan fingerprint density at radius 1 is 1.02 bits per heavy atom. The van der Waals surface area contributed by atoms with Crippen LogP contribution in [0.2, 0.25) is 0 Å². The minimum Gasteiger partial charge on any atom is -0.460 e. The van der Waals surface area contributed by atoms with Crippen molar-refractivity contribution in [2.75, 3.05) is 23.3 Å². The molecule has 47 heavy (non-hydrogen) atoms. The molecule has 0 radical (unpaired) electrons. The quantitative estimate of drug-likeness (QED) is 0.192. The van der Waals surface area contributed by atoms with E-state index in [0.29, 0.717) is 22.8 Å². The lowest BCUT2D eigenvalue weighted by atomic mass is 9.86. The molecule has 2 aliphatic rings. The Balaban J connectivity index is 1.44. The third kappa shape index (κ3) is 8.81. The molecule has 13 heteroatoms. The number of hydrogen-bond acceptors (Lipinski definition) is 9. The first-order valence-corrected chi connectivity index (χ1v) is 15.8. The maximum Gasteiger partial charge on any atom is 0.414 e. The largest absolute Gasteiger partial charge is 0.460 e. The summed E-state index contributed by atoms with van der Waals surface area (Å²) >= 11 is 0. The first-order chi connectivity index (χ1) is 21.9. The molecule has 3 aromatic rings. The fourth-order valence-electron chi connectivity index (χ4n) is 5.91. The fourth-order valence-corrected chi connectivity index (χ4v) is 5.91. The first kappa shape index (κ1) is 34.2. The maximum absolute atomic E-state index is 14.1. The lowest BCUT2D eigenvalue weighted by Gasteiger charge is -2.40. The Hall–Kier alpha value is -4.16. The smallest absolute Gasteiger partial charge is 0.414 e. The number of aromatic nitrogens is 2. The number of nitrogens with zero attached hydrogens (tertiary/aromatic N) is 3. The molecule has 1 saturated heterocycles. The number of ether oxygens (including phenoxy) is 2. The molecule has 2 atom stereocenters. The van der Waals surface area contributed by atoms with Crippen LogP contribution >= 0.6 is 0 Å². The molecule has 10 nitrogen and oxygen atoms in total. The summed E-state index contributed by atoms with van der Waals surface area (Å²) in [4.78, 5) is 49.6. The number of furan rings is 1. The predicted molar refractivity (Wildman–Crippen MR) is 168 cm³/mol. The van der Waals surface area contributed by atoms with E-state index >= 15 is 0 Å². The van der Waals surface area contributed by atoms with Crippen LogP contribution in [0.25, 0.3) is 11.1 Å². The van der Waals surface area contributed by atoms with Crippen LogP contribution < -0.4 is 10.2 Å². The van der Waals surface area contributed by atoms with E-state index in [0.717, 1.165) is 18.4 Å². The van der Waals surface area contributed by atoms with E-state index < -0.39 is 47.1 Å². The lowest BCUT2D eigenvalue weighted by molar-refractivity contribution is -0.181. The number of amides is 1. The molecule has 1 saturated carbocycles. The van der Waals surface area contributed by atoms with Gasteiger partial charge in [0.15, 0.2) is 11.4 Å². The summed E-state index contributed by atoms with van der Waals surface area (Å²) in [5, 5.41) is 2.54. The van der Waals surface area contributed by atoms with Crippen molar-refractivity contribution in [3.05, 3.63) is 47.4 Å². The highest BCUT2D eigenvalue weighted by Gasteiger charge is 2.45. The monoisotopic (exact) mass is 658 g/mol. The number of esters is 1. The van der Waals surface area contributed by atoms with Gasteiger partial charge in [0.1, 0.15) is 22.3 Å². The van der Waals surface area contributed by atoms with Crippen molar-refractivity contribution in [3.63, 3.8) is 0 Å². The van der Waals surface area contributed by atoms with E-state index in [1.807, 2.05) is 6.07 Å². The Kier molecular flexibility index (Phi) is 9.31. The van der Waals surface area contributed by atoms with Crippen molar-refractivity contribution in [1.82, 2.24) is 9.97 Å². The second-order valence-electron chi connectivity index (χ2n) is 14.5. The molecule has 4 heterocycles. The van der Waals surface area contributed by atoms with Gasteiger partial charge in [0.05, 0.1) is 12.3 Å². The molecule has 254 valence electrons. The number of rotatable bonds is 8. The summed E-state index contributed by atoms with van der Waals surface area (Å²) < 4.78 is 59.1. The summed E-state index contributed by atoms with van der Waals surface area (Å²) in [6, 6.07) is 3.38. The van der Waals surface area contributed by atoms with Gasteiger partial charge in [-0.3, -0.25) is 24.9 Å². The summed E-state index contributed by atoms with van der Waals surface area (Å²) in [5.41, 5.74) is 0.764. The number of carbonyl (C=O) groups excluding carboxylic acids is 3. The number of ketones is 1. The lowest BCUT2D eigenvalue weighted by Crippen LogP contribution is -2.47. The molecule has 1 N–H and O–H groups in total. The van der Waals surface area contributed by atoms with Crippen molar-refractivity contribution in [2.45, 2.75) is 96.9 Å². The number of pyridine rings is 2. The predicted octanol–water partition coefficient (Wildman–Crippen LogP) is 7.61. The fraction of sp³-hybridized carbons (Fsp3) is 0.559. The Morgan fingerprint density at radius 3 is 2.36 bits per heavy atom. The Morgan fingerprint density at radius 2 is 1.72 bits per heavy atom. The summed E-state index contributed by atoms with van der Waals surface area (Å²) in [7, 11) is 0. The van der Waals surface area contributed by atoms with Gasteiger partial charge in [-0.1, -0.05) is 0 Å². The second-order valence-corrected chi connectivity index (χ2v) is 14.5. The molecule has 0 spiro atoms. The molecule has 1 aliphatic carbocycles. The minimum absolute atomic E-state index is 0.0256. The number of anilines is 2. The van der Waals surface area contributed by atoms with Crippen LogP contribution in [-0.2, 0) is 20.7 Å². The van der Waals surface area contributed by atoms with Crippen molar-refractivity contribution in [1.29, 1.82) is 0 Å². The summed E-state index contributed by atoms with van der Waals surface area (Å²) in [5.74, 6) is -3.13. The van der Waals surface area contributed by atoms with E-state index in [-0.39, 0.29) is 49.3 Å². The van der Waals surface area contributed by atoms with Gasteiger partial charge >= 0.3 is 18.2 Å². The van der Waals surface area contributed by atoms with E-state index in [9.17, 15) is 27.6 Å². The van der Waals surface area contributed by atoms with Gasteiger partial charge in [-0.05, 0) is 90.3 Å². The highest BCUT2D eigenvalue weighted by molar-refractivity contribution is 6.12. The molecule has 0 unspecified atom stereocenters. The van der Waals surface area contributed by atoms with E-state index in [2.05, 4.69) is 15.3 Å². The third-order valence-corrected chi connectivity index (χ3v) is 7.94. The van der Waals surface area contributed by atoms with Crippen molar-refractivity contribution >= 4 is 40.5 Å². The number of nitrogens with one attached hydrogen (secondary N) is 1. The van der Waals surface area contributed by atoms with E-state index in [1.54, 1.807) is 58.7 Å². The average molecular weight is 659 g/mol. The van der Waals surface area contributed by atoms with Crippen LogP contribution in [0.3, 0.4) is 0 Å². The number of Topliss-reactive ketones (excluding diaryl/α,β-unsaturated/α-hetero) is 1. The zero-order chi connectivity index (χ0) is 34.3. The number of carbonyl (C=O) groups is 3. The highest BCUT2D eigenvalue weighted by atomic mass is 19.4. The van der Waals surface area contributed by atoms with Gasteiger partial charge in [-0.15, -0.1) is 0 Å². The standard InChI is InChI=1S/C34H41F3N4O6/c1-32(2,3)46-27(43)12-19-11-23(34(35,36)37)18-41(17-19)24-9-10-38-15-22(24)13-25(42)28-29-26(14-21(16-39-29)20-7-8-20)45-30(28)40-31(44)47-33(4,5)6/h9-10,14-16,19-20,23H,7-8,11-13,17-18H2,1-6H3,(H,40,44)/t19-,23-/m1/s1. The summed E-state index contributed by atoms with van der Waals surface area (Å²) in [6.07, 6.45) is 0.666. The molecule has 1 amide bonds. The zero-order valence-corrected chi connectivity index (χ0v) is 27.5. The minimum atomic E-state index is -4.49. The topological polar surface area (TPSA) is 124 Å². The van der Waals surface area contributed by atoms with Gasteiger partial charge in [-0.2, -0.15) is 13.2 Å². The number of piperidine rings is 1. The zero-order valence-electron chi connectivity index (χ0n) is 27.5. The SMILES string of the molecule is CC(C)(C)OC(=O)C[C@H]1C[C@@H](C(F)(F)F)CN(c2ccncc2CC(=O)c2c(NC(=O)OC(C)(C)C)oc3cc(C4CC4)cnc23)C1. The molecule has 0 bridgehead atoms. The van der Waals surface area contributed by atoms with Gasteiger partial charge in [0.25, 0.3) is 0 Å². The van der Waals surface area contributed by atoms with Crippen LogP contribution in [0.4, 0.5) is 29.5 Å². The second kappa shape index (κ2) is 12.8. The van der Waals surface area contributed by atoms with Crippen LogP contribution in [-0.4, -0.2) is 58.3 Å². The highest BCUT2D eigenvalue weighted by Crippen LogP contribution is 2.42. The number of hydrogen-bond donors (Lipinski definition) is 1. The van der Waals surface area contributed by atoms with Crippen molar-refractivity contribution in [3.8, 4) is 0 Å². The first-order valence-electron chi connectivity index (χ1n) is 15.8. The average Bonchev–Trinajstić information content (AvgIpc) is 3.71. The molecular formula is C34H41F3N4O6. The number of halogens is 3. The van der Waals surface area contributed by atoms with Crippen LogP contribution in [0, 0.1) is 11.8 Å². The maximum atomic E-state index is 14.1. The van der Waals surface area contributed by atoms with Gasteiger partial charge in [0.2, 0.25) is 5.88 Å². The molecular weight excluding hydrogens is 617 g/mol. The number of fused-ring (bicyclic) bond motifs is 1. The molecule has 3 aromatic heterocycles. The van der Waals surface area contributed by atoms with Gasteiger partial charge in [0, 0.05) is 49.4 Å². The Bertz CT molecular complexity index is 1650. The van der Waals surface area contributed by atoms with Crippen molar-refractivity contribution in [2.24, 2.45) is 11.8 Å². The molecule has 5 rings (SSSR count). The Labute approximate surface area is 271 Å².